The van der Waals surface area contributed by atoms with E-state index in [0.29, 0.717) is 19.3 Å². The first-order valence-electron chi connectivity index (χ1n) is 27.0. The second kappa shape index (κ2) is 52.5. The van der Waals surface area contributed by atoms with Gasteiger partial charge >= 0.3 is 17.9 Å². The van der Waals surface area contributed by atoms with Gasteiger partial charge in [0.05, 0.1) is 0 Å². The lowest BCUT2D eigenvalue weighted by atomic mass is 10.1. The summed E-state index contributed by atoms with van der Waals surface area (Å²) in [4.78, 5) is 38.0. The van der Waals surface area contributed by atoms with E-state index < -0.39 is 6.10 Å². The molecule has 1 atom stereocenters. The molecule has 0 aromatic carbocycles. The first-order valence-corrected chi connectivity index (χ1v) is 27.0. The summed E-state index contributed by atoms with van der Waals surface area (Å²) < 4.78 is 16.8. The molecule has 0 fully saturated rings. The molecule has 0 amide bonds. The summed E-state index contributed by atoms with van der Waals surface area (Å²) in [6, 6.07) is 0. The fourth-order valence-corrected chi connectivity index (χ4v) is 7.42. The predicted octanol–water partition coefficient (Wildman–Crippen LogP) is 17.8. The van der Waals surface area contributed by atoms with Gasteiger partial charge in [-0.1, -0.05) is 229 Å². The minimum atomic E-state index is -0.791. The maximum absolute atomic E-state index is 12.8. The van der Waals surface area contributed by atoms with Gasteiger partial charge in [0.25, 0.3) is 0 Å². The maximum Gasteiger partial charge on any atom is 0.306 e. The van der Waals surface area contributed by atoms with E-state index in [2.05, 4.69) is 93.7 Å². The highest BCUT2D eigenvalue weighted by atomic mass is 16.6. The molecule has 0 bridgehead atoms. The average Bonchev–Trinajstić information content (AvgIpc) is 3.29. The molecule has 6 heteroatoms. The number of hydrogen-bond acceptors (Lipinski definition) is 6. The van der Waals surface area contributed by atoms with Gasteiger partial charge in [-0.15, -0.1) is 0 Å². The smallest absolute Gasteiger partial charge is 0.306 e. The van der Waals surface area contributed by atoms with Crippen molar-refractivity contribution in [2.75, 3.05) is 13.2 Å². The largest absolute Gasteiger partial charge is 0.462 e. The van der Waals surface area contributed by atoms with Gasteiger partial charge in [-0.3, -0.25) is 14.4 Å². The van der Waals surface area contributed by atoms with Gasteiger partial charge in [-0.05, 0) is 83.5 Å². The van der Waals surface area contributed by atoms with E-state index >= 15 is 0 Å². The lowest BCUT2D eigenvalue weighted by Gasteiger charge is -2.18. The van der Waals surface area contributed by atoms with Crippen LogP contribution in [0.5, 0.6) is 0 Å². The number of carbonyl (C=O) groups excluding carboxylic acids is 3. The van der Waals surface area contributed by atoms with Crippen molar-refractivity contribution < 1.29 is 28.6 Å². The molecular weight excluding hydrogens is 793 g/mol. The number of ether oxygens (including phenoxy) is 3. The summed E-state index contributed by atoms with van der Waals surface area (Å²) in [5.41, 5.74) is 0. The topological polar surface area (TPSA) is 78.9 Å². The van der Waals surface area contributed by atoms with Crippen molar-refractivity contribution in [3.63, 3.8) is 0 Å². The monoisotopic (exact) mass is 893 g/mol. The van der Waals surface area contributed by atoms with Crippen LogP contribution in [0.2, 0.25) is 0 Å². The third-order valence-electron chi connectivity index (χ3n) is 11.5. The summed E-state index contributed by atoms with van der Waals surface area (Å²) in [6.07, 6.45) is 66.0. The highest BCUT2D eigenvalue weighted by Crippen LogP contribution is 2.15. The van der Waals surface area contributed by atoms with Crippen LogP contribution in [0.3, 0.4) is 0 Å². The second-order valence-corrected chi connectivity index (χ2v) is 17.8. The van der Waals surface area contributed by atoms with E-state index in [0.717, 1.165) is 89.9 Å². The average molecular weight is 893 g/mol. The molecule has 1 unspecified atom stereocenters. The Morgan fingerprint density at radius 3 is 1.09 bits per heavy atom. The van der Waals surface area contributed by atoms with Crippen molar-refractivity contribution in [3.8, 4) is 0 Å². The van der Waals surface area contributed by atoms with Crippen molar-refractivity contribution in [2.24, 2.45) is 0 Å². The molecule has 0 saturated carbocycles. The molecule has 0 heterocycles. The third-order valence-corrected chi connectivity index (χ3v) is 11.5. The molecule has 0 aliphatic rings. The SMILES string of the molecule is CC/C=C\C/C=C\C/C=C\C/C=C\CCCCCC(=O)OC(COC(=O)CCCCCCCCCCCCC)COC(=O)CCCCCCCCCCCC/C=C\C=C/CCCCC. The van der Waals surface area contributed by atoms with Crippen molar-refractivity contribution in [1.29, 1.82) is 0 Å². The van der Waals surface area contributed by atoms with Gasteiger partial charge < -0.3 is 14.2 Å². The summed E-state index contributed by atoms with van der Waals surface area (Å²) >= 11 is 0. The fraction of sp³-hybridized carbons (Fsp3) is 0.741. The summed E-state index contributed by atoms with van der Waals surface area (Å²) in [7, 11) is 0. The number of allylic oxidation sites excluding steroid dienone is 12. The van der Waals surface area contributed by atoms with Crippen LogP contribution in [0.4, 0.5) is 0 Å². The summed E-state index contributed by atoms with van der Waals surface area (Å²) in [5.74, 6) is -0.919. The van der Waals surface area contributed by atoms with Gasteiger partial charge in [-0.25, -0.2) is 0 Å². The molecule has 0 aromatic rings. The van der Waals surface area contributed by atoms with Crippen molar-refractivity contribution >= 4 is 17.9 Å². The Hall–Kier alpha value is -3.15. The molecule has 64 heavy (non-hydrogen) atoms. The Bertz CT molecular complexity index is 1210. The zero-order valence-electron chi connectivity index (χ0n) is 42.0. The van der Waals surface area contributed by atoms with Gasteiger partial charge in [0, 0.05) is 19.3 Å². The number of rotatable bonds is 48. The van der Waals surface area contributed by atoms with Crippen LogP contribution < -0.4 is 0 Å². The van der Waals surface area contributed by atoms with Gasteiger partial charge in [0.1, 0.15) is 13.2 Å². The Kier molecular flexibility index (Phi) is 49.9. The molecule has 0 rings (SSSR count). The number of unbranched alkanes of at least 4 members (excludes halogenated alkanes) is 26. The summed E-state index contributed by atoms with van der Waals surface area (Å²) in [5, 5.41) is 0. The van der Waals surface area contributed by atoms with Gasteiger partial charge in [0.15, 0.2) is 6.10 Å². The zero-order valence-corrected chi connectivity index (χ0v) is 42.0. The van der Waals surface area contributed by atoms with Crippen molar-refractivity contribution in [3.05, 3.63) is 72.9 Å². The normalized spacial score (nSPS) is 12.6. The van der Waals surface area contributed by atoms with Crippen LogP contribution in [-0.4, -0.2) is 37.2 Å². The maximum atomic E-state index is 12.8. The van der Waals surface area contributed by atoms with Gasteiger partial charge in [-0.2, -0.15) is 0 Å². The van der Waals surface area contributed by atoms with E-state index in [4.69, 9.17) is 14.2 Å². The zero-order chi connectivity index (χ0) is 46.5. The van der Waals surface area contributed by atoms with E-state index in [1.165, 1.54) is 128 Å². The quantitative estimate of drug-likeness (QED) is 0.0199. The van der Waals surface area contributed by atoms with Crippen LogP contribution in [-0.2, 0) is 28.6 Å². The van der Waals surface area contributed by atoms with Crippen molar-refractivity contribution in [1.82, 2.24) is 0 Å². The van der Waals surface area contributed by atoms with Crippen LogP contribution in [0.1, 0.15) is 258 Å². The molecule has 368 valence electrons. The lowest BCUT2D eigenvalue weighted by Crippen LogP contribution is -2.30. The molecule has 0 radical (unpaired) electrons. The third kappa shape index (κ3) is 49.9. The minimum Gasteiger partial charge on any atom is -0.462 e. The van der Waals surface area contributed by atoms with Crippen LogP contribution >= 0.6 is 0 Å². The highest BCUT2D eigenvalue weighted by Gasteiger charge is 2.19. The lowest BCUT2D eigenvalue weighted by molar-refractivity contribution is -0.167. The molecule has 0 aliphatic heterocycles. The van der Waals surface area contributed by atoms with E-state index in [1.807, 2.05) is 0 Å². The molecule has 0 N–H and O–H groups in total. The molecule has 0 aliphatic carbocycles. The molecule has 0 aromatic heterocycles. The summed E-state index contributed by atoms with van der Waals surface area (Å²) in [6.45, 7) is 6.47. The molecular formula is C58H100O6. The highest BCUT2D eigenvalue weighted by molar-refractivity contribution is 5.71. The number of esters is 3. The molecule has 0 saturated heterocycles. The van der Waals surface area contributed by atoms with Crippen LogP contribution in [0.25, 0.3) is 0 Å². The fourth-order valence-electron chi connectivity index (χ4n) is 7.42. The van der Waals surface area contributed by atoms with Crippen molar-refractivity contribution in [2.45, 2.75) is 264 Å². The number of hydrogen-bond donors (Lipinski definition) is 0. The van der Waals surface area contributed by atoms with Crippen LogP contribution in [0.15, 0.2) is 72.9 Å². The van der Waals surface area contributed by atoms with Crippen LogP contribution in [0, 0.1) is 0 Å². The Balaban J connectivity index is 4.39. The Morgan fingerprint density at radius 1 is 0.344 bits per heavy atom. The second-order valence-electron chi connectivity index (χ2n) is 17.8. The van der Waals surface area contributed by atoms with E-state index in [9.17, 15) is 14.4 Å². The standard InChI is InChI=1S/C58H100O6/c1-4-7-10-13-16-19-22-24-26-28-29-30-32-33-36-39-42-45-48-51-57(60)63-54-55(53-62-56(59)50-47-44-41-38-35-21-18-15-12-9-6-3)64-58(61)52-49-46-43-40-37-34-31-27-25-23-20-17-14-11-8-5-2/h8,11,16-17,19-20,22,24-25,27,34,37,55H,4-7,9-10,12-15,18,21,23,26,28-33,35-36,38-54H2,1-3H3/b11-8-,19-16-,20-17-,24-22-,27-25-,37-34-. The van der Waals surface area contributed by atoms with Gasteiger partial charge in [0.2, 0.25) is 0 Å². The van der Waals surface area contributed by atoms with E-state index in [-0.39, 0.29) is 31.1 Å². The predicted molar refractivity (Wildman–Crippen MR) is 274 cm³/mol. The molecule has 0 spiro atoms. The van der Waals surface area contributed by atoms with E-state index in [1.54, 1.807) is 0 Å². The molecule has 6 nitrogen and oxygen atoms in total. The first kappa shape index (κ1) is 60.9. The number of carbonyl (C=O) groups is 3. The Morgan fingerprint density at radius 2 is 0.656 bits per heavy atom. The Labute approximate surface area is 395 Å². The first-order chi connectivity index (χ1) is 31.5. The minimum absolute atomic E-state index is 0.0877.